The van der Waals surface area contributed by atoms with E-state index in [1.165, 1.54) is 4.68 Å². The largest absolute Gasteiger partial charge is 0.477 e. The van der Waals surface area contributed by atoms with Crippen molar-refractivity contribution < 1.29 is 14.7 Å². The maximum absolute atomic E-state index is 12.1. The molecule has 3 N–H and O–H groups in total. The molecule has 0 aliphatic carbocycles. The Bertz CT molecular complexity index is 503. The number of nitrogens with zero attached hydrogens (tertiary/aromatic N) is 2. The van der Waals surface area contributed by atoms with Crippen molar-refractivity contribution in [3.8, 4) is 0 Å². The van der Waals surface area contributed by atoms with Crippen LogP contribution in [0.4, 0.5) is 5.82 Å². The highest BCUT2D eigenvalue weighted by Crippen LogP contribution is 2.21. The Balaban J connectivity index is 2.18. The highest BCUT2D eigenvalue weighted by atomic mass is 16.4. The third-order valence-corrected chi connectivity index (χ3v) is 3.39. The zero-order valence-corrected chi connectivity index (χ0v) is 11.1. The lowest BCUT2D eigenvalue weighted by atomic mass is 9.97. The molecule has 7 nitrogen and oxygen atoms in total. The third kappa shape index (κ3) is 2.76. The summed E-state index contributed by atoms with van der Waals surface area (Å²) in [6, 6.07) is 0. The number of hydrogen-bond donors (Lipinski definition) is 3. The fourth-order valence-electron chi connectivity index (χ4n) is 2.36. The molecule has 1 aliphatic rings. The van der Waals surface area contributed by atoms with Crippen LogP contribution in [0, 0.1) is 12.8 Å². The van der Waals surface area contributed by atoms with Gasteiger partial charge in [0.05, 0.1) is 5.69 Å². The van der Waals surface area contributed by atoms with Gasteiger partial charge in [-0.05, 0) is 32.9 Å². The second-order valence-electron chi connectivity index (χ2n) is 4.75. The van der Waals surface area contributed by atoms with E-state index < -0.39 is 5.97 Å². The molecule has 0 spiro atoms. The van der Waals surface area contributed by atoms with Crippen LogP contribution >= 0.6 is 0 Å². The Morgan fingerprint density at radius 1 is 1.42 bits per heavy atom. The van der Waals surface area contributed by atoms with Gasteiger partial charge in [0.2, 0.25) is 5.91 Å². The Kier molecular flexibility index (Phi) is 3.84. The quantitative estimate of drug-likeness (QED) is 0.734. The van der Waals surface area contributed by atoms with Gasteiger partial charge in [-0.15, -0.1) is 0 Å². The van der Waals surface area contributed by atoms with Crippen LogP contribution in [0.15, 0.2) is 0 Å². The first-order chi connectivity index (χ1) is 9.00. The van der Waals surface area contributed by atoms with Crippen molar-refractivity contribution >= 4 is 17.7 Å². The molecule has 0 saturated carbocycles. The Morgan fingerprint density at radius 2 is 2.05 bits per heavy atom. The van der Waals surface area contributed by atoms with Gasteiger partial charge in [0, 0.05) is 13.0 Å². The second kappa shape index (κ2) is 5.40. The summed E-state index contributed by atoms with van der Waals surface area (Å²) in [5, 5.41) is 19.1. The van der Waals surface area contributed by atoms with Crippen molar-refractivity contribution in [2.24, 2.45) is 13.0 Å². The van der Waals surface area contributed by atoms with Gasteiger partial charge in [0.1, 0.15) is 11.4 Å². The molecule has 104 valence electrons. The number of aryl methyl sites for hydroxylation is 2. The number of aromatic carboxylic acids is 1. The number of carbonyl (C=O) groups is 2. The van der Waals surface area contributed by atoms with E-state index >= 15 is 0 Å². The summed E-state index contributed by atoms with van der Waals surface area (Å²) in [7, 11) is 1.62. The van der Waals surface area contributed by atoms with E-state index in [2.05, 4.69) is 15.7 Å². The van der Waals surface area contributed by atoms with Crippen LogP contribution in [0.25, 0.3) is 0 Å². The number of amides is 1. The van der Waals surface area contributed by atoms with E-state index in [0.29, 0.717) is 5.69 Å². The van der Waals surface area contributed by atoms with Crippen LogP contribution in [0.5, 0.6) is 0 Å². The second-order valence-corrected chi connectivity index (χ2v) is 4.75. The van der Waals surface area contributed by atoms with E-state index in [9.17, 15) is 9.59 Å². The Morgan fingerprint density at radius 3 is 2.63 bits per heavy atom. The first-order valence-electron chi connectivity index (χ1n) is 6.29. The molecule has 0 atom stereocenters. The standard InChI is InChI=1S/C12H18N4O3/c1-7-9(12(18)19)10(16(2)15-7)14-11(17)8-3-5-13-6-4-8/h8,13H,3-6H2,1-2H3,(H,14,17)(H,18,19). The number of nitrogens with one attached hydrogen (secondary N) is 2. The van der Waals surface area contributed by atoms with Gasteiger partial charge in [-0.3, -0.25) is 9.48 Å². The van der Waals surface area contributed by atoms with Gasteiger partial charge in [-0.2, -0.15) is 5.10 Å². The number of hydrogen-bond acceptors (Lipinski definition) is 4. The van der Waals surface area contributed by atoms with Gasteiger partial charge in [0.15, 0.2) is 0 Å². The fourth-order valence-corrected chi connectivity index (χ4v) is 2.36. The van der Waals surface area contributed by atoms with Gasteiger partial charge in [0.25, 0.3) is 0 Å². The molecule has 2 heterocycles. The predicted octanol–water partition coefficient (Wildman–Crippen LogP) is 0.365. The highest BCUT2D eigenvalue weighted by molar-refractivity contribution is 6.00. The average Bonchev–Trinajstić information content (AvgIpc) is 2.65. The van der Waals surface area contributed by atoms with Gasteiger partial charge < -0.3 is 15.7 Å². The van der Waals surface area contributed by atoms with E-state index in [0.717, 1.165) is 25.9 Å². The molecule has 2 rings (SSSR count). The molecule has 0 unspecified atom stereocenters. The zero-order valence-electron chi connectivity index (χ0n) is 11.1. The maximum Gasteiger partial charge on any atom is 0.341 e. The van der Waals surface area contributed by atoms with Crippen LogP contribution in [0.1, 0.15) is 28.9 Å². The lowest BCUT2D eigenvalue weighted by Gasteiger charge is -2.21. The minimum atomic E-state index is -1.08. The molecule has 1 aliphatic heterocycles. The van der Waals surface area contributed by atoms with Gasteiger partial charge in [-0.25, -0.2) is 4.79 Å². The number of rotatable bonds is 3. The van der Waals surface area contributed by atoms with Crippen molar-refractivity contribution in [2.75, 3.05) is 18.4 Å². The number of aromatic nitrogens is 2. The van der Waals surface area contributed by atoms with Gasteiger partial charge in [-0.1, -0.05) is 0 Å². The van der Waals surface area contributed by atoms with Crippen LogP contribution in [-0.4, -0.2) is 39.9 Å². The van der Waals surface area contributed by atoms with Crippen LogP contribution in [0.3, 0.4) is 0 Å². The Labute approximate surface area is 111 Å². The minimum absolute atomic E-state index is 0.0600. The summed E-state index contributed by atoms with van der Waals surface area (Å²) in [6.07, 6.45) is 1.54. The number of carbonyl (C=O) groups excluding carboxylic acids is 1. The first-order valence-corrected chi connectivity index (χ1v) is 6.29. The van der Waals surface area contributed by atoms with E-state index in [4.69, 9.17) is 5.11 Å². The maximum atomic E-state index is 12.1. The van der Waals surface area contributed by atoms with Crippen LogP contribution < -0.4 is 10.6 Å². The lowest BCUT2D eigenvalue weighted by Crippen LogP contribution is -2.35. The number of piperidine rings is 1. The van der Waals surface area contributed by atoms with Gasteiger partial charge >= 0.3 is 5.97 Å². The molecular formula is C12H18N4O3. The fraction of sp³-hybridized carbons (Fsp3) is 0.583. The van der Waals surface area contributed by atoms with Crippen molar-refractivity contribution in [1.29, 1.82) is 0 Å². The smallest absolute Gasteiger partial charge is 0.341 e. The Hall–Kier alpha value is -1.89. The zero-order chi connectivity index (χ0) is 14.0. The normalized spacial score (nSPS) is 16.3. The topological polar surface area (TPSA) is 96.3 Å². The highest BCUT2D eigenvalue weighted by Gasteiger charge is 2.25. The molecule has 1 saturated heterocycles. The molecule has 1 aromatic rings. The molecular weight excluding hydrogens is 248 g/mol. The number of carboxylic acid groups (broad SMARTS) is 1. The van der Waals surface area contributed by atoms with Crippen molar-refractivity contribution in [2.45, 2.75) is 19.8 Å². The van der Waals surface area contributed by atoms with Crippen LogP contribution in [0.2, 0.25) is 0 Å². The molecule has 1 amide bonds. The predicted molar refractivity (Wildman–Crippen MR) is 69.1 cm³/mol. The minimum Gasteiger partial charge on any atom is -0.477 e. The monoisotopic (exact) mass is 266 g/mol. The summed E-state index contributed by atoms with van der Waals surface area (Å²) in [5.41, 5.74) is 0.459. The SMILES string of the molecule is Cc1nn(C)c(NC(=O)C2CCNCC2)c1C(=O)O. The number of anilines is 1. The lowest BCUT2D eigenvalue weighted by molar-refractivity contribution is -0.120. The summed E-state index contributed by atoms with van der Waals surface area (Å²) in [6.45, 7) is 3.24. The first kappa shape index (κ1) is 13.5. The molecule has 0 radical (unpaired) electrons. The third-order valence-electron chi connectivity index (χ3n) is 3.39. The summed E-state index contributed by atoms with van der Waals surface area (Å²) >= 11 is 0. The average molecular weight is 266 g/mol. The van der Waals surface area contributed by atoms with Crippen LogP contribution in [-0.2, 0) is 11.8 Å². The van der Waals surface area contributed by atoms with Crippen molar-refractivity contribution in [3.63, 3.8) is 0 Å². The summed E-state index contributed by atoms with van der Waals surface area (Å²) in [5.74, 6) is -1.02. The summed E-state index contributed by atoms with van der Waals surface area (Å²) in [4.78, 5) is 23.3. The van der Waals surface area contributed by atoms with Crippen molar-refractivity contribution in [3.05, 3.63) is 11.3 Å². The van der Waals surface area contributed by atoms with Crippen molar-refractivity contribution in [1.82, 2.24) is 15.1 Å². The molecule has 0 aromatic carbocycles. The summed E-state index contributed by atoms with van der Waals surface area (Å²) < 4.78 is 1.40. The van der Waals surface area contributed by atoms with E-state index in [1.807, 2.05) is 0 Å². The molecule has 1 fully saturated rings. The molecule has 7 heteroatoms. The molecule has 0 bridgehead atoms. The molecule has 1 aromatic heterocycles. The van der Waals surface area contributed by atoms with E-state index in [1.54, 1.807) is 14.0 Å². The number of carboxylic acids is 1. The molecule has 19 heavy (non-hydrogen) atoms. The van der Waals surface area contributed by atoms with E-state index in [-0.39, 0.29) is 23.2 Å².